The average molecular weight is 429 g/mol. The van der Waals surface area contributed by atoms with Crippen LogP contribution in [-0.2, 0) is 0 Å². The van der Waals surface area contributed by atoms with Crippen molar-refractivity contribution in [3.05, 3.63) is 101 Å². The van der Waals surface area contributed by atoms with Crippen molar-refractivity contribution in [2.75, 3.05) is 4.90 Å². The molecule has 146 valence electrons. The maximum atomic E-state index is 13.9. The Bertz CT molecular complexity index is 1200. The first-order valence-electron chi connectivity index (χ1n) is 9.75. The predicted molar refractivity (Wildman–Crippen MR) is 122 cm³/mol. The van der Waals surface area contributed by atoms with E-state index in [1.54, 1.807) is 0 Å². The number of Topliss-reactive ketones (excluding diaryl/α,β-unsaturated/α-hetero) is 1. The molecule has 1 saturated heterocycles. The highest BCUT2D eigenvalue weighted by Gasteiger charge is 2.62. The van der Waals surface area contributed by atoms with Gasteiger partial charge < -0.3 is 4.90 Å². The third kappa shape index (κ3) is 2.56. The van der Waals surface area contributed by atoms with Gasteiger partial charge in [-0.15, -0.1) is 0 Å². The van der Waals surface area contributed by atoms with Gasteiger partial charge in [0.05, 0.1) is 23.0 Å². The monoisotopic (exact) mass is 428 g/mol. The van der Waals surface area contributed by atoms with Crippen LogP contribution in [0.5, 0.6) is 0 Å². The van der Waals surface area contributed by atoms with E-state index < -0.39 is 11.3 Å². The first-order valence-corrected chi connectivity index (χ1v) is 10.5. The van der Waals surface area contributed by atoms with Crippen molar-refractivity contribution in [2.45, 2.75) is 18.4 Å². The molecule has 5 heteroatoms. The average Bonchev–Trinajstić information content (AvgIpc) is 3.05. The molecule has 0 N–H and O–H groups in total. The van der Waals surface area contributed by atoms with Crippen LogP contribution in [0.25, 0.3) is 0 Å². The highest BCUT2D eigenvalue weighted by molar-refractivity contribution is 7.80. The van der Waals surface area contributed by atoms with E-state index in [4.69, 9.17) is 23.8 Å². The Morgan fingerprint density at radius 2 is 1.70 bits per heavy atom. The van der Waals surface area contributed by atoms with Crippen LogP contribution in [0, 0.1) is 16.7 Å². The second-order valence-electron chi connectivity index (χ2n) is 7.73. The molecular weight excluding hydrogens is 412 g/mol. The minimum Gasteiger partial charge on any atom is -0.328 e. The van der Waals surface area contributed by atoms with Crippen LogP contribution >= 0.6 is 23.8 Å². The number of fused-ring (bicyclic) bond motifs is 4. The lowest BCUT2D eigenvalue weighted by molar-refractivity contribution is 0.0843. The summed E-state index contributed by atoms with van der Waals surface area (Å²) in [6.07, 6.45) is 0.484. The maximum absolute atomic E-state index is 13.9. The molecule has 2 bridgehead atoms. The molecule has 1 fully saturated rings. The van der Waals surface area contributed by atoms with Crippen LogP contribution in [0.4, 0.5) is 5.69 Å². The molecule has 1 heterocycles. The Morgan fingerprint density at radius 3 is 2.40 bits per heavy atom. The molecule has 3 atom stereocenters. The largest absolute Gasteiger partial charge is 0.328 e. The van der Waals surface area contributed by atoms with Gasteiger partial charge in [-0.3, -0.25) is 4.79 Å². The highest BCUT2D eigenvalue weighted by Crippen LogP contribution is 2.59. The number of ketones is 1. The minimum atomic E-state index is -1.08. The Kier molecular flexibility index (Phi) is 4.47. The SMILES string of the molecule is N#C[C@@H](c1ccccc1)[C@]12C[C@H](c3ccccc3C1=O)N(c1ccc(Cl)cc1)C2=S. The fourth-order valence-electron chi connectivity index (χ4n) is 4.90. The summed E-state index contributed by atoms with van der Waals surface area (Å²) in [5, 5.41) is 10.9. The topological polar surface area (TPSA) is 44.1 Å². The number of halogens is 1. The maximum Gasteiger partial charge on any atom is 0.177 e. The van der Waals surface area contributed by atoms with E-state index in [0.29, 0.717) is 22.0 Å². The molecule has 30 heavy (non-hydrogen) atoms. The van der Waals surface area contributed by atoms with Crippen LogP contribution in [-0.4, -0.2) is 10.8 Å². The molecule has 0 aromatic heterocycles. The number of carbonyl (C=O) groups excluding carboxylic acids is 1. The van der Waals surface area contributed by atoms with Crippen molar-refractivity contribution in [2.24, 2.45) is 5.41 Å². The molecule has 1 aliphatic heterocycles. The zero-order chi connectivity index (χ0) is 20.9. The van der Waals surface area contributed by atoms with Crippen LogP contribution in [0.2, 0.25) is 5.02 Å². The van der Waals surface area contributed by atoms with E-state index in [1.165, 1.54) is 0 Å². The number of carbonyl (C=O) groups is 1. The van der Waals surface area contributed by atoms with Gasteiger partial charge in [-0.1, -0.05) is 78.4 Å². The Balaban J connectivity index is 1.75. The molecule has 0 saturated carbocycles. The summed E-state index contributed by atoms with van der Waals surface area (Å²) in [6, 6.07) is 26.9. The number of anilines is 1. The zero-order valence-electron chi connectivity index (χ0n) is 16.0. The fraction of sp³-hybridized carbons (Fsp3) is 0.160. The standard InChI is InChI=1S/C25H17ClN2OS/c26-17-10-12-18(13-11-17)28-22-14-25(24(28)30,21(15-27)16-6-2-1-3-7-16)23(29)20-9-5-4-8-19(20)22/h1-13,21-22H,14H2/t21-,22+,25+/m0/s1. The number of benzene rings is 3. The number of nitrogens with zero attached hydrogens (tertiary/aromatic N) is 2. The quantitative estimate of drug-likeness (QED) is 0.472. The Hall–Kier alpha value is -3.00. The smallest absolute Gasteiger partial charge is 0.177 e. The summed E-state index contributed by atoms with van der Waals surface area (Å²) in [7, 11) is 0. The molecule has 1 aliphatic carbocycles. The Morgan fingerprint density at radius 1 is 1.03 bits per heavy atom. The van der Waals surface area contributed by atoms with E-state index in [9.17, 15) is 10.1 Å². The van der Waals surface area contributed by atoms with E-state index in [2.05, 4.69) is 6.07 Å². The third-order valence-electron chi connectivity index (χ3n) is 6.26. The number of hydrogen-bond donors (Lipinski definition) is 0. The van der Waals surface area contributed by atoms with Gasteiger partial charge in [-0.2, -0.15) is 5.26 Å². The van der Waals surface area contributed by atoms with Crippen LogP contribution in [0.1, 0.15) is 39.9 Å². The van der Waals surface area contributed by atoms with Crippen molar-refractivity contribution in [3.8, 4) is 6.07 Å². The van der Waals surface area contributed by atoms with Crippen molar-refractivity contribution in [1.82, 2.24) is 0 Å². The van der Waals surface area contributed by atoms with Crippen molar-refractivity contribution < 1.29 is 4.79 Å². The van der Waals surface area contributed by atoms with Crippen molar-refractivity contribution in [3.63, 3.8) is 0 Å². The molecule has 0 spiro atoms. The van der Waals surface area contributed by atoms with E-state index in [-0.39, 0.29) is 11.8 Å². The highest BCUT2D eigenvalue weighted by atomic mass is 35.5. The van der Waals surface area contributed by atoms with Crippen LogP contribution in [0.15, 0.2) is 78.9 Å². The van der Waals surface area contributed by atoms with E-state index in [0.717, 1.165) is 16.8 Å². The second kappa shape index (κ2) is 7.05. The summed E-state index contributed by atoms with van der Waals surface area (Å²) in [5.41, 5.74) is 2.23. The number of rotatable bonds is 3. The summed E-state index contributed by atoms with van der Waals surface area (Å²) < 4.78 is 0. The van der Waals surface area contributed by atoms with Gasteiger partial charge in [0.15, 0.2) is 5.78 Å². The van der Waals surface area contributed by atoms with Gasteiger partial charge in [0.1, 0.15) is 5.41 Å². The van der Waals surface area contributed by atoms with Gasteiger partial charge in [0.2, 0.25) is 0 Å². The van der Waals surface area contributed by atoms with Gasteiger partial charge in [-0.25, -0.2) is 0 Å². The third-order valence-corrected chi connectivity index (χ3v) is 7.07. The normalized spacial score (nSPS) is 23.1. The molecule has 3 aromatic rings. The van der Waals surface area contributed by atoms with E-state index in [1.807, 2.05) is 83.8 Å². The van der Waals surface area contributed by atoms with Crippen LogP contribution in [0.3, 0.4) is 0 Å². The lowest BCUT2D eigenvalue weighted by atomic mass is 9.63. The molecule has 3 aromatic carbocycles. The summed E-state index contributed by atoms with van der Waals surface area (Å²) in [4.78, 5) is 16.5. The molecule has 0 unspecified atom stereocenters. The number of thiocarbonyl (C=S) groups is 1. The molecule has 3 nitrogen and oxygen atoms in total. The minimum absolute atomic E-state index is 0.0637. The van der Waals surface area contributed by atoms with Crippen molar-refractivity contribution >= 4 is 40.3 Å². The second-order valence-corrected chi connectivity index (χ2v) is 8.56. The lowest BCUT2D eigenvalue weighted by Crippen LogP contribution is -2.43. The first-order chi connectivity index (χ1) is 14.6. The fourth-order valence-corrected chi connectivity index (χ4v) is 5.55. The van der Waals surface area contributed by atoms with Crippen molar-refractivity contribution in [1.29, 1.82) is 5.26 Å². The zero-order valence-corrected chi connectivity index (χ0v) is 17.5. The lowest BCUT2D eigenvalue weighted by Gasteiger charge is -2.34. The summed E-state index contributed by atoms with van der Waals surface area (Å²) >= 11 is 12.1. The van der Waals surface area contributed by atoms with Gasteiger partial charge in [0.25, 0.3) is 0 Å². The van der Waals surface area contributed by atoms with Crippen LogP contribution < -0.4 is 4.90 Å². The first kappa shape index (κ1) is 19.0. The molecule has 0 radical (unpaired) electrons. The van der Waals surface area contributed by atoms with Gasteiger partial charge in [-0.05, 0) is 41.8 Å². The Labute approximate surface area is 185 Å². The predicted octanol–water partition coefficient (Wildman–Crippen LogP) is 6.11. The molecular formula is C25H17ClN2OS. The van der Waals surface area contributed by atoms with Gasteiger partial charge in [0, 0.05) is 16.3 Å². The number of hydrogen-bond acceptors (Lipinski definition) is 3. The van der Waals surface area contributed by atoms with Gasteiger partial charge >= 0.3 is 0 Å². The molecule has 2 aliphatic rings. The summed E-state index contributed by atoms with van der Waals surface area (Å²) in [6.45, 7) is 0. The molecule has 5 rings (SSSR count). The van der Waals surface area contributed by atoms with E-state index >= 15 is 0 Å². The summed E-state index contributed by atoms with van der Waals surface area (Å²) in [5.74, 6) is -0.724. The molecule has 0 amide bonds. The number of nitriles is 1.